The Hall–Kier alpha value is -2.33. The average Bonchev–Trinajstić information content (AvgIpc) is 2.89. The average molecular weight is 308 g/mol. The quantitative estimate of drug-likeness (QED) is 0.893. The third-order valence-electron chi connectivity index (χ3n) is 4.95. The van der Waals surface area contributed by atoms with Gasteiger partial charge in [0.15, 0.2) is 0 Å². The first kappa shape index (κ1) is 14.3. The van der Waals surface area contributed by atoms with Crippen LogP contribution < -0.4 is 5.32 Å². The Labute approximate surface area is 135 Å². The first-order valence-electron chi connectivity index (χ1n) is 8.16. The minimum atomic E-state index is -0.927. The molecule has 1 unspecified atom stereocenters. The van der Waals surface area contributed by atoms with Crippen molar-refractivity contribution in [3.8, 4) is 11.1 Å². The van der Waals surface area contributed by atoms with E-state index in [-0.39, 0.29) is 12.1 Å². The van der Waals surface area contributed by atoms with Crippen molar-refractivity contribution in [1.29, 1.82) is 0 Å². The van der Waals surface area contributed by atoms with Crippen LogP contribution in [0, 0.1) is 0 Å². The van der Waals surface area contributed by atoms with Crippen LogP contribution in [0.5, 0.6) is 0 Å². The topological polar surface area (TPSA) is 52.6 Å². The van der Waals surface area contributed by atoms with E-state index in [4.69, 9.17) is 5.11 Å². The van der Waals surface area contributed by atoms with Crippen molar-refractivity contribution in [3.63, 3.8) is 0 Å². The summed E-state index contributed by atoms with van der Waals surface area (Å²) in [7, 11) is 0. The molecule has 4 rings (SSSR count). The number of nitrogens with one attached hydrogen (secondary N) is 1. The van der Waals surface area contributed by atoms with Crippen LogP contribution in [-0.4, -0.2) is 35.2 Å². The second-order valence-electron chi connectivity index (χ2n) is 6.36. The van der Waals surface area contributed by atoms with E-state index in [0.29, 0.717) is 0 Å². The third kappa shape index (κ3) is 2.49. The van der Waals surface area contributed by atoms with Gasteiger partial charge < -0.3 is 10.4 Å². The van der Waals surface area contributed by atoms with Crippen LogP contribution in [0.1, 0.15) is 30.0 Å². The summed E-state index contributed by atoms with van der Waals surface area (Å²) in [5.41, 5.74) is 5.29. The molecule has 23 heavy (non-hydrogen) atoms. The van der Waals surface area contributed by atoms with Crippen LogP contribution >= 0.6 is 0 Å². The Morgan fingerprint density at radius 2 is 1.65 bits per heavy atom. The summed E-state index contributed by atoms with van der Waals surface area (Å²) >= 11 is 0. The maximum Gasteiger partial charge on any atom is 0.404 e. The molecule has 2 N–H and O–H groups in total. The van der Waals surface area contributed by atoms with Gasteiger partial charge in [0.05, 0.1) is 6.04 Å². The summed E-state index contributed by atoms with van der Waals surface area (Å²) < 4.78 is 0. The van der Waals surface area contributed by atoms with Crippen LogP contribution in [0.15, 0.2) is 48.5 Å². The van der Waals surface area contributed by atoms with Gasteiger partial charge in [-0.3, -0.25) is 4.90 Å². The summed E-state index contributed by atoms with van der Waals surface area (Å²) in [6.45, 7) is 1.77. The Morgan fingerprint density at radius 1 is 1.04 bits per heavy atom. The zero-order valence-electron chi connectivity index (χ0n) is 12.9. The van der Waals surface area contributed by atoms with Crippen molar-refractivity contribution >= 4 is 6.09 Å². The summed E-state index contributed by atoms with van der Waals surface area (Å²) in [6, 6.07) is 17.4. The molecule has 1 heterocycles. The Morgan fingerprint density at radius 3 is 2.26 bits per heavy atom. The first-order valence-corrected chi connectivity index (χ1v) is 8.16. The van der Waals surface area contributed by atoms with E-state index < -0.39 is 6.09 Å². The number of nitrogens with zero attached hydrogens (tertiary/aromatic N) is 1. The molecule has 2 aliphatic rings. The van der Waals surface area contributed by atoms with Crippen molar-refractivity contribution in [2.24, 2.45) is 0 Å². The Kier molecular flexibility index (Phi) is 3.54. The number of hydrogen-bond donors (Lipinski definition) is 2. The molecule has 0 aromatic heterocycles. The predicted octanol–water partition coefficient (Wildman–Crippen LogP) is 3.49. The molecule has 4 nitrogen and oxygen atoms in total. The lowest BCUT2D eigenvalue weighted by atomic mass is 9.98. The number of likely N-dealkylation sites (tertiary alicyclic amines) is 1. The molecule has 0 bridgehead atoms. The highest BCUT2D eigenvalue weighted by Crippen LogP contribution is 2.46. The van der Waals surface area contributed by atoms with Crippen LogP contribution in [0.3, 0.4) is 0 Å². The standard InChI is InChI=1S/C19H20N2O2/c22-19(23)20-13-6-5-11-21(12-13)18-16-9-3-1-7-14(16)15-8-2-4-10-17(15)18/h1-4,7-10,13,18,20H,5-6,11-12H2,(H,22,23). The van der Waals surface area contributed by atoms with Crippen LogP contribution in [0.4, 0.5) is 4.79 Å². The summed E-state index contributed by atoms with van der Waals surface area (Å²) in [6.07, 6.45) is 1.01. The minimum absolute atomic E-state index is 0.0150. The fraction of sp³-hybridized carbons (Fsp3) is 0.316. The molecule has 1 aliphatic heterocycles. The molecule has 0 radical (unpaired) electrons. The number of benzene rings is 2. The molecule has 4 heteroatoms. The normalized spacial score (nSPS) is 20.8. The van der Waals surface area contributed by atoms with Gasteiger partial charge in [-0.15, -0.1) is 0 Å². The number of carbonyl (C=O) groups is 1. The molecule has 0 spiro atoms. The molecule has 1 fully saturated rings. The highest BCUT2D eigenvalue weighted by molar-refractivity contribution is 5.78. The number of rotatable bonds is 2. The van der Waals surface area contributed by atoms with Gasteiger partial charge in [-0.1, -0.05) is 48.5 Å². The van der Waals surface area contributed by atoms with E-state index in [1.54, 1.807) is 0 Å². The Bertz CT molecular complexity index is 698. The van der Waals surface area contributed by atoms with Crippen LogP contribution in [0.25, 0.3) is 11.1 Å². The van der Waals surface area contributed by atoms with E-state index in [9.17, 15) is 4.79 Å². The van der Waals surface area contributed by atoms with E-state index in [1.807, 2.05) is 0 Å². The third-order valence-corrected chi connectivity index (χ3v) is 4.95. The van der Waals surface area contributed by atoms with Gasteiger partial charge in [-0.2, -0.15) is 0 Å². The number of carboxylic acid groups (broad SMARTS) is 1. The first-order chi connectivity index (χ1) is 11.2. The van der Waals surface area contributed by atoms with Crippen molar-refractivity contribution in [3.05, 3.63) is 59.7 Å². The summed E-state index contributed by atoms with van der Waals surface area (Å²) in [5.74, 6) is 0. The lowest BCUT2D eigenvalue weighted by Crippen LogP contribution is -2.48. The van der Waals surface area contributed by atoms with Gasteiger partial charge in [-0.25, -0.2) is 4.79 Å². The second-order valence-corrected chi connectivity index (χ2v) is 6.36. The largest absolute Gasteiger partial charge is 0.465 e. The van der Waals surface area contributed by atoms with Crippen LogP contribution in [-0.2, 0) is 0 Å². The lowest BCUT2D eigenvalue weighted by molar-refractivity contribution is 0.145. The molecule has 2 aromatic carbocycles. The fourth-order valence-electron chi connectivity index (χ4n) is 4.06. The van der Waals surface area contributed by atoms with Crippen molar-refractivity contribution in [2.45, 2.75) is 24.9 Å². The molecule has 0 saturated carbocycles. The van der Waals surface area contributed by atoms with Crippen molar-refractivity contribution < 1.29 is 9.90 Å². The molecule has 2 aromatic rings. The van der Waals surface area contributed by atoms with Gasteiger partial charge in [0.25, 0.3) is 0 Å². The monoisotopic (exact) mass is 308 g/mol. The molecule has 1 saturated heterocycles. The zero-order valence-corrected chi connectivity index (χ0v) is 12.9. The van der Waals surface area contributed by atoms with Crippen molar-refractivity contribution in [2.75, 3.05) is 13.1 Å². The molecular weight excluding hydrogens is 288 g/mol. The van der Waals surface area contributed by atoms with E-state index in [0.717, 1.165) is 25.9 Å². The van der Waals surface area contributed by atoms with Gasteiger partial charge in [0.2, 0.25) is 0 Å². The summed E-state index contributed by atoms with van der Waals surface area (Å²) in [4.78, 5) is 13.4. The predicted molar refractivity (Wildman–Crippen MR) is 89.5 cm³/mol. The second kappa shape index (κ2) is 5.70. The minimum Gasteiger partial charge on any atom is -0.465 e. The number of fused-ring (bicyclic) bond motifs is 3. The number of hydrogen-bond acceptors (Lipinski definition) is 2. The summed E-state index contributed by atoms with van der Waals surface area (Å²) in [5, 5.41) is 11.7. The highest BCUT2D eigenvalue weighted by Gasteiger charge is 2.35. The molecule has 1 atom stereocenters. The highest BCUT2D eigenvalue weighted by atomic mass is 16.4. The van der Waals surface area contributed by atoms with Gasteiger partial charge in [0, 0.05) is 12.6 Å². The van der Waals surface area contributed by atoms with Gasteiger partial charge in [-0.05, 0) is 41.6 Å². The Balaban J connectivity index is 1.69. The lowest BCUT2D eigenvalue weighted by Gasteiger charge is -2.37. The van der Waals surface area contributed by atoms with Gasteiger partial charge in [0.1, 0.15) is 0 Å². The van der Waals surface area contributed by atoms with Gasteiger partial charge >= 0.3 is 6.09 Å². The fourth-order valence-corrected chi connectivity index (χ4v) is 4.06. The molecular formula is C19H20N2O2. The molecule has 1 amide bonds. The maximum absolute atomic E-state index is 11.0. The molecule has 118 valence electrons. The molecule has 1 aliphatic carbocycles. The zero-order chi connectivity index (χ0) is 15.8. The smallest absolute Gasteiger partial charge is 0.404 e. The van der Waals surface area contributed by atoms with E-state index in [2.05, 4.69) is 58.7 Å². The van der Waals surface area contributed by atoms with Crippen molar-refractivity contribution in [1.82, 2.24) is 10.2 Å². The number of piperidine rings is 1. The SMILES string of the molecule is O=C(O)NC1CCCN(C2c3ccccc3-c3ccccc32)C1. The maximum atomic E-state index is 11.0. The number of amides is 1. The van der Waals surface area contributed by atoms with E-state index >= 15 is 0 Å². The van der Waals surface area contributed by atoms with Crippen LogP contribution in [0.2, 0.25) is 0 Å². The van der Waals surface area contributed by atoms with E-state index in [1.165, 1.54) is 22.3 Å².